The zero-order valence-corrected chi connectivity index (χ0v) is 16.9. The number of esters is 1. The number of amides is 3. The Morgan fingerprint density at radius 3 is 2.55 bits per heavy atom. The van der Waals surface area contributed by atoms with E-state index in [1.54, 1.807) is 49.4 Å². The molecular formula is C22H22N4O5. The lowest BCUT2D eigenvalue weighted by Crippen LogP contribution is -2.37. The lowest BCUT2D eigenvalue weighted by atomic mass is 10.1. The van der Waals surface area contributed by atoms with Crippen LogP contribution in [0.1, 0.15) is 23.7 Å². The molecule has 0 spiro atoms. The number of primary amides is 1. The Morgan fingerprint density at radius 2 is 1.81 bits per heavy atom. The first kappa shape index (κ1) is 21.6. The van der Waals surface area contributed by atoms with Crippen molar-refractivity contribution in [2.45, 2.75) is 13.3 Å². The first-order valence-electron chi connectivity index (χ1n) is 9.61. The molecule has 0 fully saturated rings. The van der Waals surface area contributed by atoms with Crippen molar-refractivity contribution in [2.24, 2.45) is 5.73 Å². The number of carbonyl (C=O) groups is 4. The average molecular weight is 422 g/mol. The normalized spacial score (nSPS) is 12.7. The van der Waals surface area contributed by atoms with Crippen LogP contribution in [0, 0.1) is 0 Å². The maximum absolute atomic E-state index is 12.9. The maximum Gasteiger partial charge on any atom is 0.311 e. The number of hydrogen-bond acceptors (Lipinski definition) is 6. The highest BCUT2D eigenvalue weighted by atomic mass is 16.5. The van der Waals surface area contributed by atoms with Crippen LogP contribution in [0.25, 0.3) is 0 Å². The van der Waals surface area contributed by atoms with E-state index in [9.17, 15) is 19.2 Å². The molecule has 0 radical (unpaired) electrons. The summed E-state index contributed by atoms with van der Waals surface area (Å²) in [6, 6.07) is 13.3. The van der Waals surface area contributed by atoms with Gasteiger partial charge >= 0.3 is 5.97 Å². The predicted molar refractivity (Wildman–Crippen MR) is 115 cm³/mol. The molecule has 3 rings (SSSR count). The quantitative estimate of drug-likeness (QED) is 0.585. The lowest BCUT2D eigenvalue weighted by Gasteiger charge is -2.22. The van der Waals surface area contributed by atoms with Gasteiger partial charge in [0.05, 0.1) is 35.7 Å². The Bertz CT molecular complexity index is 1060. The van der Waals surface area contributed by atoms with E-state index in [2.05, 4.69) is 10.6 Å². The summed E-state index contributed by atoms with van der Waals surface area (Å²) in [5, 5.41) is 5.68. The third-order valence-electron chi connectivity index (χ3n) is 4.46. The number of ether oxygens (including phenoxy) is 1. The molecule has 0 bridgehead atoms. The summed E-state index contributed by atoms with van der Waals surface area (Å²) in [6.45, 7) is 1.62. The largest absolute Gasteiger partial charge is 0.466 e. The minimum Gasteiger partial charge on any atom is -0.466 e. The zero-order chi connectivity index (χ0) is 22.4. The van der Waals surface area contributed by atoms with Crippen molar-refractivity contribution < 1.29 is 23.9 Å². The van der Waals surface area contributed by atoms with Crippen LogP contribution in [0.2, 0.25) is 0 Å². The van der Waals surface area contributed by atoms with E-state index < -0.39 is 23.7 Å². The van der Waals surface area contributed by atoms with Gasteiger partial charge in [-0.1, -0.05) is 24.3 Å². The van der Waals surface area contributed by atoms with Gasteiger partial charge < -0.3 is 21.1 Å². The summed E-state index contributed by atoms with van der Waals surface area (Å²) < 4.78 is 4.95. The molecule has 0 saturated carbocycles. The molecule has 9 nitrogen and oxygen atoms in total. The number of nitrogens with two attached hydrogens (primary N) is 1. The van der Waals surface area contributed by atoms with Gasteiger partial charge in [0.2, 0.25) is 5.91 Å². The standard InChI is InChI=1S/C22H22N4O5/c1-2-31-21(29)12-14-11-20(28)26(18-10-6-5-9-17(18)24-14)13-19(27)25-16-8-4-3-7-15(16)22(23)30/h3-11,24H,2,12-13H2,1H3,(H2,23,30)(H,25,27). The fraction of sp³-hybridized carbons (Fsp3) is 0.182. The van der Waals surface area contributed by atoms with Crippen LogP contribution in [0.4, 0.5) is 17.1 Å². The van der Waals surface area contributed by atoms with E-state index in [4.69, 9.17) is 10.5 Å². The predicted octanol–water partition coefficient (Wildman–Crippen LogP) is 2.02. The maximum atomic E-state index is 12.9. The molecule has 1 aliphatic heterocycles. The van der Waals surface area contributed by atoms with Crippen molar-refractivity contribution in [3.05, 3.63) is 65.9 Å². The van der Waals surface area contributed by atoms with Gasteiger partial charge in [-0.2, -0.15) is 0 Å². The molecule has 9 heteroatoms. The number of nitrogens with zero attached hydrogens (tertiary/aromatic N) is 1. The summed E-state index contributed by atoms with van der Waals surface area (Å²) in [5.74, 6) is -2.14. The van der Waals surface area contributed by atoms with Crippen LogP contribution in [0.15, 0.2) is 60.3 Å². The number of carbonyl (C=O) groups excluding carboxylic acids is 4. The molecule has 0 aromatic heterocycles. The number of benzene rings is 2. The van der Waals surface area contributed by atoms with Crippen molar-refractivity contribution in [3.8, 4) is 0 Å². The summed E-state index contributed by atoms with van der Waals surface area (Å²) in [7, 11) is 0. The Labute approximate surface area is 178 Å². The molecule has 1 aliphatic rings. The molecule has 0 aliphatic carbocycles. The lowest BCUT2D eigenvalue weighted by molar-refractivity contribution is -0.142. The highest BCUT2D eigenvalue weighted by molar-refractivity contribution is 6.11. The summed E-state index contributed by atoms with van der Waals surface area (Å²) >= 11 is 0. The van der Waals surface area contributed by atoms with Crippen LogP contribution in [0.5, 0.6) is 0 Å². The van der Waals surface area contributed by atoms with Crippen LogP contribution >= 0.6 is 0 Å². The number of anilines is 3. The van der Waals surface area contributed by atoms with E-state index >= 15 is 0 Å². The second-order valence-corrected chi connectivity index (χ2v) is 6.68. The second kappa shape index (κ2) is 9.57. The van der Waals surface area contributed by atoms with Gasteiger partial charge in [0, 0.05) is 11.8 Å². The second-order valence-electron chi connectivity index (χ2n) is 6.68. The fourth-order valence-corrected chi connectivity index (χ4v) is 3.14. The zero-order valence-electron chi connectivity index (χ0n) is 16.9. The molecule has 2 aromatic rings. The van der Waals surface area contributed by atoms with Crippen LogP contribution in [-0.4, -0.2) is 36.8 Å². The Kier molecular flexibility index (Phi) is 6.66. The average Bonchev–Trinajstić information content (AvgIpc) is 2.84. The summed E-state index contributed by atoms with van der Waals surface area (Å²) in [4.78, 5) is 50.3. The highest BCUT2D eigenvalue weighted by Crippen LogP contribution is 2.30. The summed E-state index contributed by atoms with van der Waals surface area (Å²) in [5.41, 5.74) is 7.17. The van der Waals surface area contributed by atoms with Gasteiger partial charge in [-0.3, -0.25) is 24.1 Å². The molecular weight excluding hydrogens is 400 g/mol. The Morgan fingerprint density at radius 1 is 1.10 bits per heavy atom. The van der Waals surface area contributed by atoms with Crippen molar-refractivity contribution in [1.82, 2.24) is 0 Å². The van der Waals surface area contributed by atoms with E-state index in [-0.39, 0.29) is 30.8 Å². The number of rotatable bonds is 7. The van der Waals surface area contributed by atoms with Gasteiger partial charge in [0.25, 0.3) is 11.8 Å². The molecule has 2 aromatic carbocycles. The molecule has 1 heterocycles. The van der Waals surface area contributed by atoms with Crippen molar-refractivity contribution >= 4 is 40.8 Å². The van der Waals surface area contributed by atoms with Gasteiger partial charge in [-0.05, 0) is 31.2 Å². The monoisotopic (exact) mass is 422 g/mol. The number of para-hydroxylation sites is 3. The topological polar surface area (TPSA) is 131 Å². The van der Waals surface area contributed by atoms with Crippen molar-refractivity contribution in [1.29, 1.82) is 0 Å². The van der Waals surface area contributed by atoms with Crippen LogP contribution in [-0.2, 0) is 19.1 Å². The first-order chi connectivity index (χ1) is 14.9. The summed E-state index contributed by atoms with van der Waals surface area (Å²) in [6.07, 6.45) is 1.15. The van der Waals surface area contributed by atoms with Gasteiger partial charge in [-0.25, -0.2) is 0 Å². The molecule has 160 valence electrons. The Balaban J connectivity index is 1.84. The van der Waals surface area contributed by atoms with Crippen molar-refractivity contribution in [3.63, 3.8) is 0 Å². The van der Waals surface area contributed by atoms with Gasteiger partial charge in [0.15, 0.2) is 0 Å². The molecule has 0 atom stereocenters. The SMILES string of the molecule is CCOC(=O)CC1=CC(=O)N(CC(=O)Nc2ccccc2C(N)=O)c2ccccc2N1. The van der Waals surface area contributed by atoms with E-state index in [0.717, 1.165) is 0 Å². The fourth-order valence-electron chi connectivity index (χ4n) is 3.14. The molecule has 0 saturated heterocycles. The number of nitrogens with one attached hydrogen (secondary N) is 2. The highest BCUT2D eigenvalue weighted by Gasteiger charge is 2.25. The smallest absolute Gasteiger partial charge is 0.311 e. The number of fused-ring (bicyclic) bond motifs is 1. The van der Waals surface area contributed by atoms with Gasteiger partial charge in [0.1, 0.15) is 6.54 Å². The number of hydrogen-bond donors (Lipinski definition) is 3. The van der Waals surface area contributed by atoms with E-state index in [1.165, 1.54) is 17.0 Å². The van der Waals surface area contributed by atoms with Crippen LogP contribution < -0.4 is 21.3 Å². The minimum atomic E-state index is -0.678. The third kappa shape index (κ3) is 5.27. The Hall–Kier alpha value is -4.14. The first-order valence-corrected chi connectivity index (χ1v) is 9.61. The third-order valence-corrected chi connectivity index (χ3v) is 4.46. The molecule has 31 heavy (non-hydrogen) atoms. The molecule has 3 amide bonds. The molecule has 4 N–H and O–H groups in total. The van der Waals surface area contributed by atoms with Crippen LogP contribution in [0.3, 0.4) is 0 Å². The molecule has 0 unspecified atom stereocenters. The van der Waals surface area contributed by atoms with Gasteiger partial charge in [-0.15, -0.1) is 0 Å². The minimum absolute atomic E-state index is 0.111. The van der Waals surface area contributed by atoms with E-state index in [0.29, 0.717) is 17.1 Å². The van der Waals surface area contributed by atoms with Crippen molar-refractivity contribution in [2.75, 3.05) is 28.7 Å². The van der Waals surface area contributed by atoms with E-state index in [1.807, 2.05) is 0 Å².